The summed E-state index contributed by atoms with van der Waals surface area (Å²) >= 11 is 3.30. The molecule has 2 fully saturated rings. The first-order chi connectivity index (χ1) is 22.1. The van der Waals surface area contributed by atoms with Crippen molar-refractivity contribution in [1.29, 1.82) is 0 Å². The number of nitrogens with one attached hydrogen (secondary N) is 2. The standard InChI is InChI=1S/C17H21N3O3.C12H14BrNO3.C4H7N3/c1-10-4-13(7-14-6-11(2)19-20-14)18-15(5-10)17(22)8-12(9-17)16(21)23-3;1-7-3-9(14-10(13)4-7)12(16)5-8(6-12)11(15)17-2;1-3-2-4(5)7-6-3/h4-6,12,22H,7-9H2,1-3H3,(H,19,20);3-4,8,16H,5-6H2,1-2H3;2H,1H3,(H3,5,6,7). The van der Waals surface area contributed by atoms with Gasteiger partial charge >= 0.3 is 11.9 Å². The van der Waals surface area contributed by atoms with Gasteiger partial charge in [-0.2, -0.15) is 10.2 Å². The van der Waals surface area contributed by atoms with Crippen LogP contribution in [0.15, 0.2) is 41.0 Å². The van der Waals surface area contributed by atoms with Crippen LogP contribution in [0.5, 0.6) is 0 Å². The van der Waals surface area contributed by atoms with Crippen LogP contribution in [-0.2, 0) is 36.7 Å². The van der Waals surface area contributed by atoms with Crippen LogP contribution in [0.1, 0.15) is 71.0 Å². The third-order valence-electron chi connectivity index (χ3n) is 8.17. The molecule has 0 atom stereocenters. The van der Waals surface area contributed by atoms with Crippen molar-refractivity contribution in [3.63, 3.8) is 0 Å². The molecule has 13 nitrogen and oxygen atoms in total. The topological polar surface area (TPSA) is 202 Å². The fraction of sp³-hybridized carbons (Fsp3) is 0.455. The lowest BCUT2D eigenvalue weighted by molar-refractivity contribution is -0.163. The van der Waals surface area contributed by atoms with Crippen LogP contribution in [0.4, 0.5) is 5.82 Å². The number of H-pyrrole nitrogens is 2. The zero-order valence-electron chi connectivity index (χ0n) is 27.4. The summed E-state index contributed by atoms with van der Waals surface area (Å²) in [4.78, 5) is 31.7. The van der Waals surface area contributed by atoms with E-state index in [2.05, 4.69) is 51.0 Å². The van der Waals surface area contributed by atoms with Gasteiger partial charge in [-0.25, -0.2) is 4.98 Å². The number of ether oxygens (including phenoxy) is 2. The van der Waals surface area contributed by atoms with E-state index >= 15 is 0 Å². The molecule has 0 amide bonds. The van der Waals surface area contributed by atoms with Crippen LogP contribution in [0, 0.1) is 39.5 Å². The third-order valence-corrected chi connectivity index (χ3v) is 8.57. The summed E-state index contributed by atoms with van der Waals surface area (Å²) in [6.07, 6.45) is 2.08. The Morgan fingerprint density at radius 2 is 1.28 bits per heavy atom. The van der Waals surface area contributed by atoms with Crippen LogP contribution in [0.2, 0.25) is 0 Å². The molecule has 47 heavy (non-hydrogen) atoms. The molecule has 2 saturated carbocycles. The van der Waals surface area contributed by atoms with Crippen molar-refractivity contribution in [2.75, 3.05) is 20.0 Å². The molecule has 0 saturated heterocycles. The van der Waals surface area contributed by atoms with E-state index in [0.29, 0.717) is 53.9 Å². The van der Waals surface area contributed by atoms with Crippen LogP contribution >= 0.6 is 15.9 Å². The number of aryl methyl sites for hydroxylation is 4. The first-order valence-electron chi connectivity index (χ1n) is 15.1. The molecular formula is C33H42BrN7O6. The summed E-state index contributed by atoms with van der Waals surface area (Å²) in [5, 5.41) is 34.6. The normalized spacial score (nSPS) is 22.7. The molecule has 4 aromatic rings. The molecule has 2 aliphatic rings. The maximum atomic E-state index is 11.5. The number of methoxy groups -OCH3 is 2. The van der Waals surface area contributed by atoms with Crippen LogP contribution in [0.25, 0.3) is 0 Å². The highest BCUT2D eigenvalue weighted by atomic mass is 79.9. The number of nitrogen functional groups attached to an aromatic ring is 1. The van der Waals surface area contributed by atoms with Crippen molar-refractivity contribution >= 4 is 33.7 Å². The van der Waals surface area contributed by atoms with Crippen LogP contribution in [0.3, 0.4) is 0 Å². The highest BCUT2D eigenvalue weighted by molar-refractivity contribution is 9.10. The first kappa shape index (κ1) is 35.7. The second kappa shape index (κ2) is 14.7. The number of nitrogens with zero attached hydrogens (tertiary/aromatic N) is 4. The van der Waals surface area contributed by atoms with Gasteiger partial charge in [0.25, 0.3) is 0 Å². The van der Waals surface area contributed by atoms with Gasteiger partial charge in [0.2, 0.25) is 0 Å². The molecule has 0 spiro atoms. The molecule has 6 rings (SSSR count). The van der Waals surface area contributed by atoms with Gasteiger partial charge in [0.05, 0.1) is 43.1 Å². The smallest absolute Gasteiger partial charge is 0.308 e. The number of carbonyl (C=O) groups is 2. The number of carbonyl (C=O) groups excluding carboxylic acids is 2. The second-order valence-corrected chi connectivity index (χ2v) is 13.2. The Kier molecular flexibility index (Phi) is 11.2. The molecule has 0 unspecified atom stereocenters. The minimum atomic E-state index is -1.04. The third kappa shape index (κ3) is 9.02. The Morgan fingerprint density at radius 1 is 0.787 bits per heavy atom. The first-order valence-corrected chi connectivity index (χ1v) is 15.9. The number of halogens is 1. The molecule has 4 heterocycles. The number of aliphatic hydroxyl groups is 2. The lowest BCUT2D eigenvalue weighted by atomic mass is 9.69. The van der Waals surface area contributed by atoms with Crippen molar-refractivity contribution in [3.8, 4) is 0 Å². The van der Waals surface area contributed by atoms with E-state index in [9.17, 15) is 19.8 Å². The summed E-state index contributed by atoms with van der Waals surface area (Å²) in [6, 6.07) is 11.4. The number of esters is 2. The van der Waals surface area contributed by atoms with Crippen molar-refractivity contribution in [2.24, 2.45) is 11.8 Å². The maximum absolute atomic E-state index is 11.5. The summed E-state index contributed by atoms with van der Waals surface area (Å²) < 4.78 is 10.1. The summed E-state index contributed by atoms with van der Waals surface area (Å²) in [5.41, 5.74) is 10.3. The van der Waals surface area contributed by atoms with Crippen molar-refractivity contribution in [3.05, 3.63) is 86.3 Å². The minimum absolute atomic E-state index is 0.217. The number of pyridine rings is 2. The molecule has 14 heteroatoms. The van der Waals surface area contributed by atoms with E-state index in [1.807, 2.05) is 58.0 Å². The Morgan fingerprint density at radius 3 is 1.68 bits per heavy atom. The zero-order valence-corrected chi connectivity index (χ0v) is 29.0. The summed E-state index contributed by atoms with van der Waals surface area (Å²) in [5.74, 6) is -0.440. The van der Waals surface area contributed by atoms with E-state index in [0.717, 1.165) is 33.9 Å². The van der Waals surface area contributed by atoms with E-state index in [-0.39, 0.29) is 23.8 Å². The summed E-state index contributed by atoms with van der Waals surface area (Å²) in [7, 11) is 2.73. The van der Waals surface area contributed by atoms with Gasteiger partial charge < -0.3 is 25.4 Å². The predicted octanol–water partition coefficient (Wildman–Crippen LogP) is 4.01. The van der Waals surface area contributed by atoms with Gasteiger partial charge in [0, 0.05) is 29.6 Å². The highest BCUT2D eigenvalue weighted by Gasteiger charge is 2.50. The largest absolute Gasteiger partial charge is 0.469 e. The number of aromatic nitrogens is 6. The van der Waals surface area contributed by atoms with Gasteiger partial charge in [-0.15, -0.1) is 0 Å². The van der Waals surface area contributed by atoms with Crippen molar-refractivity contribution < 1.29 is 29.3 Å². The van der Waals surface area contributed by atoms with Gasteiger partial charge in [-0.1, -0.05) is 0 Å². The van der Waals surface area contributed by atoms with Crippen molar-refractivity contribution in [1.82, 2.24) is 30.4 Å². The van der Waals surface area contributed by atoms with E-state index < -0.39 is 11.2 Å². The molecule has 0 aromatic carbocycles. The molecular weight excluding hydrogens is 670 g/mol. The molecule has 252 valence electrons. The average molecular weight is 713 g/mol. The number of hydrogen-bond donors (Lipinski definition) is 5. The number of nitrogens with two attached hydrogens (primary N) is 1. The fourth-order valence-electron chi connectivity index (χ4n) is 5.72. The maximum Gasteiger partial charge on any atom is 0.308 e. The number of aromatic amines is 2. The zero-order chi connectivity index (χ0) is 34.5. The van der Waals surface area contributed by atoms with Crippen LogP contribution < -0.4 is 5.73 Å². The lowest BCUT2D eigenvalue weighted by Gasteiger charge is -2.41. The Bertz CT molecular complexity index is 1670. The number of anilines is 1. The quantitative estimate of drug-likeness (QED) is 0.143. The van der Waals surface area contributed by atoms with E-state index in [4.69, 9.17) is 10.5 Å². The Balaban J connectivity index is 0.000000182. The SMILES string of the molecule is COC(=O)C1CC(O)(c2cc(C)cc(Br)n2)C1.COC(=O)C1CC(O)(c2cc(C)cc(Cc3cc(C)[nH]n3)n2)C1.Cc1cc(N)n[nH]1. The molecule has 0 radical (unpaired) electrons. The van der Waals surface area contributed by atoms with Gasteiger partial charge in [0.1, 0.15) is 21.6 Å². The molecule has 6 N–H and O–H groups in total. The van der Waals surface area contributed by atoms with Gasteiger partial charge in [-0.3, -0.25) is 24.8 Å². The fourth-order valence-corrected chi connectivity index (χ4v) is 6.27. The Hall–Kier alpha value is -4.14. The number of rotatable bonds is 6. The monoisotopic (exact) mass is 711 g/mol. The van der Waals surface area contributed by atoms with Gasteiger partial charge in [-0.05, 0) is 111 Å². The van der Waals surface area contributed by atoms with E-state index in [1.165, 1.54) is 14.2 Å². The molecule has 4 aromatic heterocycles. The van der Waals surface area contributed by atoms with Crippen LogP contribution in [-0.4, -0.2) is 66.7 Å². The highest BCUT2D eigenvalue weighted by Crippen LogP contribution is 2.46. The summed E-state index contributed by atoms with van der Waals surface area (Å²) in [6.45, 7) is 7.78. The lowest BCUT2D eigenvalue weighted by Crippen LogP contribution is -2.45. The molecule has 0 aliphatic heterocycles. The molecule has 2 aliphatic carbocycles. The number of hydrogen-bond acceptors (Lipinski definition) is 11. The van der Waals surface area contributed by atoms with Gasteiger partial charge in [0.15, 0.2) is 0 Å². The average Bonchev–Trinajstić information content (AvgIpc) is 3.58. The predicted molar refractivity (Wildman–Crippen MR) is 177 cm³/mol. The second-order valence-electron chi connectivity index (χ2n) is 12.4. The Labute approximate surface area is 281 Å². The van der Waals surface area contributed by atoms with E-state index in [1.54, 1.807) is 6.07 Å². The van der Waals surface area contributed by atoms with Crippen molar-refractivity contribution in [2.45, 2.75) is 71.0 Å². The minimum Gasteiger partial charge on any atom is -0.469 e. The molecule has 0 bridgehead atoms.